The highest BCUT2D eigenvalue weighted by atomic mass is 19.1. The second-order valence-corrected chi connectivity index (χ2v) is 12.1. The second-order valence-electron chi connectivity index (χ2n) is 12.1. The molecule has 0 radical (unpaired) electrons. The number of hydrogen-bond donors (Lipinski definition) is 4. The zero-order valence-electron chi connectivity index (χ0n) is 26.7. The van der Waals surface area contributed by atoms with Gasteiger partial charge in [-0.25, -0.2) is 4.39 Å². The molecule has 0 aromatic heterocycles. The summed E-state index contributed by atoms with van der Waals surface area (Å²) in [4.78, 5) is 37.5. The van der Waals surface area contributed by atoms with Gasteiger partial charge in [0.2, 0.25) is 0 Å². The molecule has 0 aliphatic carbocycles. The standard InChI is InChI=1S/C38H33FN4O6/c1-38(18-17-23-7-12-27(39)13-8-23,22-40-36(45)29-5-3-4-6-34(29)44)26-11-15-30-32(21-26)42-37(46)28-14-9-24(19-31(28)41-30)25-10-16-33(43(47)48)35(20-25)49-2/h3-16,19-21,41,44H,17-18,22H2,1-2H3,(H,40,45)(H,42,46). The first-order chi connectivity index (χ1) is 23.5. The third-order valence-electron chi connectivity index (χ3n) is 8.87. The van der Waals surface area contributed by atoms with E-state index >= 15 is 0 Å². The lowest BCUT2D eigenvalue weighted by Gasteiger charge is -2.31. The maximum absolute atomic E-state index is 13.6. The molecule has 1 unspecified atom stereocenters. The fourth-order valence-electron chi connectivity index (χ4n) is 5.94. The Morgan fingerprint density at radius 2 is 1.65 bits per heavy atom. The van der Waals surface area contributed by atoms with E-state index < -0.39 is 16.2 Å². The number of para-hydroxylation sites is 1. The molecule has 0 saturated carbocycles. The number of nitro groups is 1. The molecule has 1 atom stereocenters. The topological polar surface area (TPSA) is 143 Å². The molecule has 49 heavy (non-hydrogen) atoms. The molecule has 2 amide bonds. The third-order valence-corrected chi connectivity index (χ3v) is 8.87. The largest absolute Gasteiger partial charge is 0.507 e. The molecule has 0 fully saturated rings. The lowest BCUT2D eigenvalue weighted by Crippen LogP contribution is -2.39. The number of ether oxygens (including phenoxy) is 1. The molecule has 11 heteroatoms. The van der Waals surface area contributed by atoms with E-state index in [-0.39, 0.29) is 41.0 Å². The first-order valence-electron chi connectivity index (χ1n) is 15.5. The quantitative estimate of drug-likeness (QED) is 0.0886. The molecule has 0 spiro atoms. The van der Waals surface area contributed by atoms with E-state index in [1.807, 2.05) is 25.1 Å². The van der Waals surface area contributed by atoms with Gasteiger partial charge in [-0.05, 0) is 95.8 Å². The average Bonchev–Trinajstić information content (AvgIpc) is 3.24. The SMILES string of the molecule is COc1cc(-c2ccc3c(c2)Nc2ccc(C(C)(CCc4ccc(F)cc4)CNC(=O)c4ccccc4O)cc2NC3=O)ccc1[N+](=O)[O-]. The van der Waals surface area contributed by atoms with Gasteiger partial charge in [0.05, 0.1) is 40.2 Å². The Kier molecular flexibility index (Phi) is 9.00. The van der Waals surface area contributed by atoms with Crippen molar-refractivity contribution in [3.63, 3.8) is 0 Å². The van der Waals surface area contributed by atoms with Gasteiger partial charge in [-0.2, -0.15) is 0 Å². The van der Waals surface area contributed by atoms with E-state index in [0.29, 0.717) is 41.0 Å². The molecule has 0 bridgehead atoms. The van der Waals surface area contributed by atoms with E-state index in [9.17, 15) is 29.2 Å². The van der Waals surface area contributed by atoms with Crippen molar-refractivity contribution in [1.29, 1.82) is 0 Å². The lowest BCUT2D eigenvalue weighted by molar-refractivity contribution is -0.385. The first-order valence-corrected chi connectivity index (χ1v) is 15.5. The van der Waals surface area contributed by atoms with E-state index in [1.54, 1.807) is 60.7 Å². The van der Waals surface area contributed by atoms with Crippen LogP contribution in [0.25, 0.3) is 11.1 Å². The van der Waals surface area contributed by atoms with Crippen molar-refractivity contribution < 1.29 is 28.7 Å². The smallest absolute Gasteiger partial charge is 0.310 e. The number of carbonyl (C=O) groups is 2. The van der Waals surface area contributed by atoms with Crippen LogP contribution in [-0.2, 0) is 11.8 Å². The molecule has 248 valence electrons. The molecule has 1 aliphatic rings. The van der Waals surface area contributed by atoms with Gasteiger partial charge in [0.15, 0.2) is 5.75 Å². The normalized spacial score (nSPS) is 13.1. The highest BCUT2D eigenvalue weighted by molar-refractivity contribution is 6.12. The number of rotatable bonds is 10. The minimum absolute atomic E-state index is 0.123. The van der Waals surface area contributed by atoms with Crippen LogP contribution < -0.4 is 20.7 Å². The molecule has 4 N–H and O–H groups in total. The number of halogens is 1. The van der Waals surface area contributed by atoms with Gasteiger partial charge in [-0.3, -0.25) is 19.7 Å². The summed E-state index contributed by atoms with van der Waals surface area (Å²) < 4.78 is 18.8. The number of aryl methyl sites for hydroxylation is 1. The lowest BCUT2D eigenvalue weighted by atomic mass is 9.77. The Labute approximate surface area is 281 Å². The van der Waals surface area contributed by atoms with Crippen LogP contribution in [0.15, 0.2) is 103 Å². The maximum Gasteiger partial charge on any atom is 0.310 e. The predicted molar refractivity (Wildman–Crippen MR) is 185 cm³/mol. The van der Waals surface area contributed by atoms with E-state index in [2.05, 4.69) is 16.0 Å². The van der Waals surface area contributed by atoms with E-state index in [4.69, 9.17) is 4.74 Å². The number of phenolic OH excluding ortho intramolecular Hbond substituents is 1. The van der Waals surface area contributed by atoms with Crippen molar-refractivity contribution in [3.05, 3.63) is 141 Å². The molecular formula is C38H33FN4O6. The minimum atomic E-state index is -0.643. The number of hydrogen-bond acceptors (Lipinski definition) is 7. The summed E-state index contributed by atoms with van der Waals surface area (Å²) >= 11 is 0. The van der Waals surface area contributed by atoms with Crippen molar-refractivity contribution in [3.8, 4) is 22.6 Å². The highest BCUT2D eigenvalue weighted by Crippen LogP contribution is 2.40. The van der Waals surface area contributed by atoms with Crippen molar-refractivity contribution in [2.24, 2.45) is 0 Å². The van der Waals surface area contributed by atoms with Crippen molar-refractivity contribution in [2.75, 3.05) is 24.3 Å². The van der Waals surface area contributed by atoms with Crippen LogP contribution in [0.5, 0.6) is 11.5 Å². The van der Waals surface area contributed by atoms with Crippen LogP contribution in [-0.4, -0.2) is 35.5 Å². The molecular weight excluding hydrogens is 627 g/mol. The molecule has 6 rings (SSSR count). The van der Waals surface area contributed by atoms with Gasteiger partial charge < -0.3 is 25.8 Å². The molecule has 5 aromatic rings. The molecule has 10 nitrogen and oxygen atoms in total. The van der Waals surface area contributed by atoms with Crippen LogP contribution in [0, 0.1) is 15.9 Å². The molecule has 1 heterocycles. The summed E-state index contributed by atoms with van der Waals surface area (Å²) in [6.45, 7) is 2.22. The maximum atomic E-state index is 13.6. The van der Waals surface area contributed by atoms with Gasteiger partial charge in [0, 0.05) is 18.0 Å². The van der Waals surface area contributed by atoms with Crippen molar-refractivity contribution >= 4 is 34.6 Å². The number of aromatic hydroxyl groups is 1. The van der Waals surface area contributed by atoms with E-state index in [0.717, 1.165) is 16.7 Å². The monoisotopic (exact) mass is 660 g/mol. The van der Waals surface area contributed by atoms with Gasteiger partial charge >= 0.3 is 5.69 Å². The van der Waals surface area contributed by atoms with Crippen molar-refractivity contribution in [2.45, 2.75) is 25.2 Å². The molecule has 0 saturated heterocycles. The summed E-state index contributed by atoms with van der Waals surface area (Å²) in [6.07, 6.45) is 1.16. The summed E-state index contributed by atoms with van der Waals surface area (Å²) in [6, 6.07) is 28.1. The minimum Gasteiger partial charge on any atom is -0.507 e. The summed E-state index contributed by atoms with van der Waals surface area (Å²) in [5, 5.41) is 31.0. The Bertz CT molecular complexity index is 2080. The van der Waals surface area contributed by atoms with Crippen LogP contribution >= 0.6 is 0 Å². The zero-order chi connectivity index (χ0) is 34.7. The van der Waals surface area contributed by atoms with Gasteiger partial charge in [-0.15, -0.1) is 0 Å². The Morgan fingerprint density at radius 1 is 0.918 bits per heavy atom. The Balaban J connectivity index is 1.30. The number of nitrogens with zero attached hydrogens (tertiary/aromatic N) is 1. The van der Waals surface area contributed by atoms with E-state index in [1.165, 1.54) is 31.4 Å². The molecule has 5 aromatic carbocycles. The van der Waals surface area contributed by atoms with Crippen molar-refractivity contribution in [1.82, 2.24) is 5.32 Å². The number of anilines is 3. The van der Waals surface area contributed by atoms with Crippen LogP contribution in [0.1, 0.15) is 45.2 Å². The van der Waals surface area contributed by atoms with Crippen LogP contribution in [0.4, 0.5) is 27.1 Å². The highest BCUT2D eigenvalue weighted by Gasteiger charge is 2.30. The Morgan fingerprint density at radius 3 is 2.39 bits per heavy atom. The van der Waals surface area contributed by atoms with Crippen LogP contribution in [0.3, 0.4) is 0 Å². The number of fused-ring (bicyclic) bond motifs is 2. The summed E-state index contributed by atoms with van der Waals surface area (Å²) in [7, 11) is 1.37. The average molecular weight is 661 g/mol. The predicted octanol–water partition coefficient (Wildman–Crippen LogP) is 7.74. The zero-order valence-corrected chi connectivity index (χ0v) is 26.7. The number of carbonyl (C=O) groups excluding carboxylic acids is 2. The van der Waals surface area contributed by atoms with Crippen LogP contribution in [0.2, 0.25) is 0 Å². The number of benzene rings is 5. The summed E-state index contributed by atoms with van der Waals surface area (Å²) in [5.74, 6) is -1.07. The third kappa shape index (κ3) is 6.91. The van der Waals surface area contributed by atoms with Gasteiger partial charge in [0.1, 0.15) is 11.6 Å². The fraction of sp³-hybridized carbons (Fsp3) is 0.158. The van der Waals surface area contributed by atoms with Gasteiger partial charge in [-0.1, -0.05) is 43.3 Å². The second kappa shape index (κ2) is 13.5. The number of amides is 2. The van der Waals surface area contributed by atoms with Gasteiger partial charge in [0.25, 0.3) is 11.8 Å². The fourth-order valence-corrected chi connectivity index (χ4v) is 5.94. The number of nitro benzene ring substituents is 1. The Hall–Kier alpha value is -6.23. The first kappa shape index (κ1) is 32.7. The molecule has 1 aliphatic heterocycles. The number of phenols is 1. The summed E-state index contributed by atoms with van der Waals surface area (Å²) in [5.41, 5.74) is 4.68. The number of nitrogens with one attached hydrogen (secondary N) is 3. The number of methoxy groups -OCH3 is 1.